The molecule has 4 rings (SSSR count). The van der Waals surface area contributed by atoms with Crippen molar-refractivity contribution < 1.29 is 4.79 Å². The van der Waals surface area contributed by atoms with Crippen LogP contribution in [0.5, 0.6) is 0 Å². The summed E-state index contributed by atoms with van der Waals surface area (Å²) in [6.45, 7) is 2.04. The van der Waals surface area contributed by atoms with E-state index in [-0.39, 0.29) is 5.91 Å². The summed E-state index contributed by atoms with van der Waals surface area (Å²) in [5, 5.41) is 9.20. The lowest BCUT2D eigenvalue weighted by Crippen LogP contribution is -2.18. The molecule has 0 atom stereocenters. The minimum absolute atomic E-state index is 0.0335. The number of rotatable bonds is 3. The molecule has 6 heteroatoms. The molecule has 0 aliphatic heterocycles. The van der Waals surface area contributed by atoms with Gasteiger partial charge >= 0.3 is 0 Å². The highest BCUT2D eigenvalue weighted by molar-refractivity contribution is 6.04. The Labute approximate surface area is 138 Å². The molecule has 0 unspecified atom stereocenters. The molecule has 4 aromatic rings. The van der Waals surface area contributed by atoms with Crippen molar-refractivity contribution in [3.63, 3.8) is 0 Å². The number of amides is 1. The monoisotopic (exact) mass is 319 g/mol. The Balaban J connectivity index is 1.79. The smallest absolute Gasteiger partial charge is 0.217 e. The van der Waals surface area contributed by atoms with Gasteiger partial charge in [-0.15, -0.1) is 0 Å². The van der Waals surface area contributed by atoms with Gasteiger partial charge in [0.2, 0.25) is 5.91 Å². The summed E-state index contributed by atoms with van der Waals surface area (Å²) in [4.78, 5) is 18.9. The van der Waals surface area contributed by atoms with Gasteiger partial charge in [-0.2, -0.15) is 5.10 Å². The zero-order chi connectivity index (χ0) is 16.7. The maximum absolute atomic E-state index is 11.1. The largest absolute Gasteiger partial charge is 0.352 e. The fourth-order valence-electron chi connectivity index (χ4n) is 2.97. The molecule has 24 heavy (non-hydrogen) atoms. The number of nitrogens with zero attached hydrogens (tertiary/aromatic N) is 3. The number of aromatic nitrogens is 4. The van der Waals surface area contributed by atoms with Gasteiger partial charge in [-0.05, 0) is 23.3 Å². The van der Waals surface area contributed by atoms with Gasteiger partial charge in [0.05, 0.1) is 11.7 Å². The van der Waals surface area contributed by atoms with Crippen LogP contribution in [0.1, 0.15) is 12.5 Å². The molecular formula is C18H17N5O. The van der Waals surface area contributed by atoms with E-state index < -0.39 is 0 Å². The van der Waals surface area contributed by atoms with Crippen molar-refractivity contribution in [2.75, 3.05) is 0 Å². The van der Waals surface area contributed by atoms with Crippen molar-refractivity contribution >= 4 is 27.8 Å². The number of aryl methyl sites for hydroxylation is 1. The van der Waals surface area contributed by atoms with Gasteiger partial charge in [0.15, 0.2) is 0 Å². The third kappa shape index (κ3) is 2.42. The zero-order valence-corrected chi connectivity index (χ0v) is 13.5. The number of nitrogens with one attached hydrogen (secondary N) is 2. The van der Waals surface area contributed by atoms with Gasteiger partial charge in [0.1, 0.15) is 5.65 Å². The summed E-state index contributed by atoms with van der Waals surface area (Å²) in [6.07, 6.45) is 3.65. The molecular weight excluding hydrogens is 302 g/mol. The first-order valence-corrected chi connectivity index (χ1v) is 7.75. The highest BCUT2D eigenvalue weighted by Gasteiger charge is 2.11. The predicted octanol–water partition coefficient (Wildman–Crippen LogP) is 2.75. The molecule has 0 fully saturated rings. The van der Waals surface area contributed by atoms with Crippen LogP contribution in [0.3, 0.4) is 0 Å². The molecule has 2 N–H and O–H groups in total. The average molecular weight is 319 g/mol. The van der Waals surface area contributed by atoms with Crippen molar-refractivity contribution in [2.45, 2.75) is 13.5 Å². The van der Waals surface area contributed by atoms with Gasteiger partial charge < -0.3 is 10.3 Å². The molecule has 3 aromatic heterocycles. The SMILES string of the molecule is CC(=O)NCc1cccc(-c2cc3c(ncc4cnn(C)c43)[nH]2)c1. The molecule has 1 aromatic carbocycles. The van der Waals surface area contributed by atoms with Crippen LogP contribution in [0.4, 0.5) is 0 Å². The first kappa shape index (κ1) is 14.4. The number of carbonyl (C=O) groups is 1. The molecule has 0 bridgehead atoms. The van der Waals surface area contributed by atoms with Crippen LogP contribution in [0.2, 0.25) is 0 Å². The second-order valence-corrected chi connectivity index (χ2v) is 5.89. The second-order valence-electron chi connectivity index (χ2n) is 5.89. The number of carbonyl (C=O) groups excluding carboxylic acids is 1. The highest BCUT2D eigenvalue weighted by atomic mass is 16.1. The quantitative estimate of drug-likeness (QED) is 0.609. The standard InChI is InChI=1S/C18H17N5O/c1-11(24)19-8-12-4-3-5-13(6-12)16-7-15-17-14(10-21-23(17)2)9-20-18(15)22-16/h3-7,9-10H,8H2,1-2H3,(H,19,24)(H,20,22). The molecule has 0 saturated carbocycles. The summed E-state index contributed by atoms with van der Waals surface area (Å²) < 4.78 is 1.87. The molecule has 0 saturated heterocycles. The van der Waals surface area contributed by atoms with Gasteiger partial charge in [0, 0.05) is 43.2 Å². The Hall–Kier alpha value is -3.15. The Kier molecular flexibility index (Phi) is 3.30. The molecule has 1 amide bonds. The molecule has 6 nitrogen and oxygen atoms in total. The Bertz CT molecular complexity index is 1060. The van der Waals surface area contributed by atoms with Crippen molar-refractivity contribution in [2.24, 2.45) is 7.05 Å². The topological polar surface area (TPSA) is 75.6 Å². The van der Waals surface area contributed by atoms with E-state index in [1.807, 2.05) is 42.3 Å². The van der Waals surface area contributed by atoms with Crippen LogP contribution < -0.4 is 5.32 Å². The van der Waals surface area contributed by atoms with E-state index in [2.05, 4.69) is 32.5 Å². The number of hydrogen-bond acceptors (Lipinski definition) is 3. The Morgan fingerprint density at radius 1 is 1.29 bits per heavy atom. The third-order valence-corrected chi connectivity index (χ3v) is 4.13. The predicted molar refractivity (Wildman–Crippen MR) is 93.3 cm³/mol. The average Bonchev–Trinajstić information content (AvgIpc) is 3.16. The molecule has 3 heterocycles. The van der Waals surface area contributed by atoms with Crippen molar-refractivity contribution in [1.29, 1.82) is 0 Å². The van der Waals surface area contributed by atoms with E-state index in [4.69, 9.17) is 0 Å². The van der Waals surface area contributed by atoms with Gasteiger partial charge in [-0.1, -0.05) is 18.2 Å². The minimum Gasteiger partial charge on any atom is -0.352 e. The summed E-state index contributed by atoms with van der Waals surface area (Å²) >= 11 is 0. The number of aromatic amines is 1. The minimum atomic E-state index is -0.0335. The maximum Gasteiger partial charge on any atom is 0.217 e. The number of hydrogen-bond donors (Lipinski definition) is 2. The van der Waals surface area contributed by atoms with Crippen LogP contribution in [-0.4, -0.2) is 25.7 Å². The van der Waals surface area contributed by atoms with E-state index in [0.29, 0.717) is 6.54 Å². The number of benzene rings is 1. The molecule has 0 radical (unpaired) electrons. The van der Waals surface area contributed by atoms with Crippen LogP contribution in [0.25, 0.3) is 33.2 Å². The van der Waals surface area contributed by atoms with E-state index in [9.17, 15) is 4.79 Å². The fraction of sp³-hybridized carbons (Fsp3) is 0.167. The van der Waals surface area contributed by atoms with Gasteiger partial charge in [-0.25, -0.2) is 4.98 Å². The van der Waals surface area contributed by atoms with Crippen molar-refractivity contribution in [3.05, 3.63) is 48.3 Å². The summed E-state index contributed by atoms with van der Waals surface area (Å²) in [5.74, 6) is -0.0335. The van der Waals surface area contributed by atoms with Crippen LogP contribution >= 0.6 is 0 Å². The Morgan fingerprint density at radius 2 is 2.17 bits per heavy atom. The molecule has 0 spiro atoms. The Morgan fingerprint density at radius 3 is 3.00 bits per heavy atom. The normalized spacial score (nSPS) is 11.2. The second kappa shape index (κ2) is 5.49. The summed E-state index contributed by atoms with van der Waals surface area (Å²) in [7, 11) is 1.93. The van der Waals surface area contributed by atoms with Gasteiger partial charge in [0.25, 0.3) is 0 Å². The number of H-pyrrole nitrogens is 1. The lowest BCUT2D eigenvalue weighted by atomic mass is 10.1. The zero-order valence-electron chi connectivity index (χ0n) is 13.5. The summed E-state index contributed by atoms with van der Waals surface area (Å²) in [5.41, 5.74) is 5.02. The number of fused-ring (bicyclic) bond motifs is 3. The van der Waals surface area contributed by atoms with Crippen molar-refractivity contribution in [1.82, 2.24) is 25.1 Å². The first-order valence-electron chi connectivity index (χ1n) is 7.75. The van der Waals surface area contributed by atoms with E-state index in [0.717, 1.165) is 38.8 Å². The van der Waals surface area contributed by atoms with Crippen molar-refractivity contribution in [3.8, 4) is 11.3 Å². The summed E-state index contributed by atoms with van der Waals surface area (Å²) in [6, 6.07) is 10.2. The van der Waals surface area contributed by atoms with E-state index in [1.165, 1.54) is 6.92 Å². The van der Waals surface area contributed by atoms with E-state index in [1.54, 1.807) is 0 Å². The highest BCUT2D eigenvalue weighted by Crippen LogP contribution is 2.28. The van der Waals surface area contributed by atoms with Crippen LogP contribution in [-0.2, 0) is 18.4 Å². The molecule has 120 valence electrons. The molecule has 0 aliphatic rings. The third-order valence-electron chi connectivity index (χ3n) is 4.13. The first-order chi connectivity index (χ1) is 11.6. The lowest BCUT2D eigenvalue weighted by molar-refractivity contribution is -0.119. The number of pyridine rings is 1. The van der Waals surface area contributed by atoms with Crippen LogP contribution in [0, 0.1) is 0 Å². The van der Waals surface area contributed by atoms with E-state index >= 15 is 0 Å². The van der Waals surface area contributed by atoms with Gasteiger partial charge in [-0.3, -0.25) is 9.48 Å². The molecule has 0 aliphatic carbocycles. The lowest BCUT2D eigenvalue weighted by Gasteiger charge is -2.04. The maximum atomic E-state index is 11.1. The van der Waals surface area contributed by atoms with Crippen LogP contribution in [0.15, 0.2) is 42.7 Å². The fourth-order valence-corrected chi connectivity index (χ4v) is 2.97.